The van der Waals surface area contributed by atoms with E-state index in [9.17, 15) is 13.2 Å². The second-order valence-electron chi connectivity index (χ2n) is 5.57. The topological polar surface area (TPSA) is 54.5 Å². The Hall–Kier alpha value is -0.590. The zero-order valence-electron chi connectivity index (χ0n) is 12.7. The molecule has 0 N–H and O–H groups in total. The number of hydrogen-bond donors (Lipinski definition) is 0. The molecule has 0 aromatic heterocycles. The van der Waals surface area contributed by atoms with E-state index in [2.05, 4.69) is 15.9 Å². The zero-order chi connectivity index (χ0) is 16.6. The molecular formula is C14H19BrClNO3S. The molecule has 118 valence electrons. The van der Waals surface area contributed by atoms with Gasteiger partial charge < -0.3 is 4.90 Å². The van der Waals surface area contributed by atoms with E-state index >= 15 is 0 Å². The van der Waals surface area contributed by atoms with Gasteiger partial charge >= 0.3 is 0 Å². The number of carbonyl (C=O) groups excluding carboxylic acids is 1. The van der Waals surface area contributed by atoms with Crippen LogP contribution in [0.3, 0.4) is 0 Å². The van der Waals surface area contributed by atoms with Crippen LogP contribution >= 0.6 is 26.6 Å². The molecule has 0 spiro atoms. The molecule has 0 aliphatic carbocycles. The number of aryl methyl sites for hydroxylation is 1. The molecule has 0 fully saturated rings. The quantitative estimate of drug-likeness (QED) is 0.724. The zero-order valence-corrected chi connectivity index (χ0v) is 15.9. The third-order valence-electron chi connectivity index (χ3n) is 3.81. The minimum Gasteiger partial charge on any atom is -0.337 e. The second-order valence-corrected chi connectivity index (χ2v) is 8.90. The lowest BCUT2D eigenvalue weighted by atomic mass is 9.98. The number of hydrogen-bond acceptors (Lipinski definition) is 3. The summed E-state index contributed by atoms with van der Waals surface area (Å²) in [6.07, 6.45) is 0.783. The molecule has 0 atom stereocenters. The van der Waals surface area contributed by atoms with Crippen molar-refractivity contribution in [3.05, 3.63) is 27.7 Å². The van der Waals surface area contributed by atoms with Crippen LogP contribution in [0.25, 0.3) is 0 Å². The molecule has 0 unspecified atom stereocenters. The van der Waals surface area contributed by atoms with Crippen molar-refractivity contribution in [3.8, 4) is 0 Å². The predicted molar refractivity (Wildman–Crippen MR) is 88.4 cm³/mol. The SMILES string of the molecule is CCC(C)(C)N(C)C(=O)c1cc(C)c(Br)c(S(=O)(=O)Cl)c1. The Morgan fingerprint density at radius 3 is 2.33 bits per heavy atom. The third kappa shape index (κ3) is 3.99. The average molecular weight is 397 g/mol. The van der Waals surface area contributed by atoms with Gasteiger partial charge in [0.05, 0.1) is 4.90 Å². The monoisotopic (exact) mass is 395 g/mol. The van der Waals surface area contributed by atoms with Crippen LogP contribution in [0, 0.1) is 6.92 Å². The standard InChI is InChI=1S/C14H19BrClNO3S/c1-6-14(3,4)17(5)13(18)10-7-9(2)12(15)11(8-10)21(16,19)20/h7-8H,6H2,1-5H3. The highest BCUT2D eigenvalue weighted by atomic mass is 79.9. The third-order valence-corrected chi connectivity index (χ3v) is 6.47. The molecule has 0 bridgehead atoms. The van der Waals surface area contributed by atoms with E-state index in [1.54, 1.807) is 24.9 Å². The van der Waals surface area contributed by atoms with Crippen molar-refractivity contribution in [2.45, 2.75) is 44.6 Å². The van der Waals surface area contributed by atoms with E-state index < -0.39 is 9.05 Å². The molecule has 21 heavy (non-hydrogen) atoms. The molecule has 1 aromatic carbocycles. The fourth-order valence-corrected chi connectivity index (χ4v) is 3.90. The first-order valence-electron chi connectivity index (χ1n) is 6.44. The van der Waals surface area contributed by atoms with Crippen molar-refractivity contribution in [2.24, 2.45) is 0 Å². The van der Waals surface area contributed by atoms with Crippen molar-refractivity contribution in [2.75, 3.05) is 7.05 Å². The first kappa shape index (κ1) is 18.5. The number of amides is 1. The summed E-state index contributed by atoms with van der Waals surface area (Å²) in [7, 11) is 3.21. The van der Waals surface area contributed by atoms with Crippen LogP contribution in [0.4, 0.5) is 0 Å². The maximum atomic E-state index is 12.6. The van der Waals surface area contributed by atoms with Crippen LogP contribution in [-0.2, 0) is 9.05 Å². The molecular weight excluding hydrogens is 378 g/mol. The molecule has 0 heterocycles. The molecule has 0 radical (unpaired) electrons. The maximum Gasteiger partial charge on any atom is 0.262 e. The lowest BCUT2D eigenvalue weighted by Gasteiger charge is -2.35. The largest absolute Gasteiger partial charge is 0.337 e. The predicted octanol–water partition coefficient (Wildman–Crippen LogP) is 3.95. The van der Waals surface area contributed by atoms with Gasteiger partial charge in [-0.1, -0.05) is 6.92 Å². The van der Waals surface area contributed by atoms with E-state index in [1.165, 1.54) is 6.07 Å². The molecule has 7 heteroatoms. The van der Waals surface area contributed by atoms with E-state index in [1.807, 2.05) is 20.8 Å². The molecule has 1 amide bonds. The van der Waals surface area contributed by atoms with Crippen LogP contribution in [0.5, 0.6) is 0 Å². The van der Waals surface area contributed by atoms with Crippen LogP contribution in [0.15, 0.2) is 21.5 Å². The lowest BCUT2D eigenvalue weighted by Crippen LogP contribution is -2.44. The van der Waals surface area contributed by atoms with Crippen molar-refractivity contribution < 1.29 is 13.2 Å². The second kappa shape index (κ2) is 6.26. The van der Waals surface area contributed by atoms with Gasteiger partial charge in [-0.2, -0.15) is 0 Å². The number of benzene rings is 1. The number of rotatable bonds is 4. The first-order valence-corrected chi connectivity index (χ1v) is 9.55. The minimum absolute atomic E-state index is 0.0878. The van der Waals surface area contributed by atoms with Gasteiger partial charge in [-0.05, 0) is 60.8 Å². The highest BCUT2D eigenvalue weighted by Gasteiger charge is 2.28. The summed E-state index contributed by atoms with van der Waals surface area (Å²) in [6.45, 7) is 7.62. The molecule has 0 saturated heterocycles. The Kier molecular flexibility index (Phi) is 5.51. The molecule has 0 saturated carbocycles. The van der Waals surface area contributed by atoms with Crippen LogP contribution in [0.2, 0.25) is 0 Å². The van der Waals surface area contributed by atoms with Gasteiger partial charge in [0.2, 0.25) is 0 Å². The fourth-order valence-electron chi connectivity index (χ4n) is 1.74. The van der Waals surface area contributed by atoms with Crippen LogP contribution in [0.1, 0.15) is 43.1 Å². The van der Waals surface area contributed by atoms with Gasteiger partial charge in [0, 0.05) is 33.3 Å². The summed E-state index contributed by atoms with van der Waals surface area (Å²) in [5.74, 6) is -0.237. The van der Waals surface area contributed by atoms with Crippen LogP contribution in [-0.4, -0.2) is 31.8 Å². The summed E-state index contributed by atoms with van der Waals surface area (Å²) >= 11 is 3.20. The summed E-state index contributed by atoms with van der Waals surface area (Å²) in [4.78, 5) is 14.1. The minimum atomic E-state index is -3.92. The lowest BCUT2D eigenvalue weighted by molar-refractivity contribution is 0.0620. The van der Waals surface area contributed by atoms with Crippen molar-refractivity contribution in [1.82, 2.24) is 4.90 Å². The summed E-state index contributed by atoms with van der Waals surface area (Å²) in [5, 5.41) is 0. The Labute approximate surface area is 139 Å². The van der Waals surface area contributed by atoms with Gasteiger partial charge in [-0.25, -0.2) is 8.42 Å². The van der Waals surface area contributed by atoms with Gasteiger partial charge in [0.15, 0.2) is 0 Å². The average Bonchev–Trinajstić information content (AvgIpc) is 2.38. The van der Waals surface area contributed by atoms with Crippen LogP contribution < -0.4 is 0 Å². The number of nitrogens with zero attached hydrogens (tertiary/aromatic N) is 1. The van der Waals surface area contributed by atoms with Crippen molar-refractivity contribution in [3.63, 3.8) is 0 Å². The summed E-state index contributed by atoms with van der Waals surface area (Å²) in [6, 6.07) is 2.96. The van der Waals surface area contributed by atoms with Gasteiger partial charge in [0.25, 0.3) is 15.0 Å². The molecule has 4 nitrogen and oxygen atoms in total. The van der Waals surface area contributed by atoms with Gasteiger partial charge in [0.1, 0.15) is 0 Å². The molecule has 1 aromatic rings. The number of carbonyl (C=O) groups is 1. The normalized spacial score (nSPS) is 12.3. The van der Waals surface area contributed by atoms with E-state index in [4.69, 9.17) is 10.7 Å². The highest BCUT2D eigenvalue weighted by molar-refractivity contribution is 9.10. The van der Waals surface area contributed by atoms with Gasteiger partial charge in [-0.3, -0.25) is 4.79 Å². The molecule has 1 rings (SSSR count). The van der Waals surface area contributed by atoms with E-state index in [0.717, 1.165) is 6.42 Å². The Morgan fingerprint density at radius 1 is 1.38 bits per heavy atom. The van der Waals surface area contributed by atoms with Gasteiger partial charge in [-0.15, -0.1) is 0 Å². The Balaban J connectivity index is 3.40. The Bertz CT molecular complexity index is 671. The number of halogens is 2. The first-order chi connectivity index (χ1) is 9.41. The molecule has 0 aliphatic rings. The van der Waals surface area contributed by atoms with Crippen molar-refractivity contribution >= 4 is 41.6 Å². The Morgan fingerprint density at radius 2 is 1.90 bits per heavy atom. The fraction of sp³-hybridized carbons (Fsp3) is 0.500. The molecule has 0 aliphatic heterocycles. The van der Waals surface area contributed by atoms with E-state index in [-0.39, 0.29) is 16.3 Å². The van der Waals surface area contributed by atoms with Crippen molar-refractivity contribution in [1.29, 1.82) is 0 Å². The highest BCUT2D eigenvalue weighted by Crippen LogP contribution is 2.30. The maximum absolute atomic E-state index is 12.6. The summed E-state index contributed by atoms with van der Waals surface area (Å²) < 4.78 is 23.6. The summed E-state index contributed by atoms with van der Waals surface area (Å²) in [5.41, 5.74) is 0.625. The smallest absolute Gasteiger partial charge is 0.262 e. The van der Waals surface area contributed by atoms with E-state index in [0.29, 0.717) is 15.6 Å².